The molecule has 2 heteroatoms. The minimum Gasteiger partial charge on any atom is -0.396 e. The number of rotatable bonds is 4. The van der Waals surface area contributed by atoms with Gasteiger partial charge in [-0.05, 0) is 35.2 Å². The molecule has 0 fully saturated rings. The molecule has 0 bridgehead atoms. The van der Waals surface area contributed by atoms with Crippen LogP contribution in [0.1, 0.15) is 31.0 Å². The Bertz CT molecular complexity index is 562. The van der Waals surface area contributed by atoms with Gasteiger partial charge in [0.15, 0.2) is 0 Å². The monoisotopic (exact) mass is 257 g/mol. The van der Waals surface area contributed by atoms with E-state index in [1.807, 2.05) is 0 Å². The molecule has 0 spiro atoms. The molecule has 102 valence electrons. The Kier molecular flexibility index (Phi) is 4.23. The number of hydrogen-bond acceptors (Lipinski definition) is 2. The molecule has 0 heterocycles. The van der Waals surface area contributed by atoms with Crippen LogP contribution in [0.2, 0.25) is 0 Å². The van der Waals surface area contributed by atoms with Crippen LogP contribution < -0.4 is 5.73 Å². The number of benzene rings is 2. The Balaban J connectivity index is 2.37. The quantitative estimate of drug-likeness (QED) is 0.881. The molecule has 0 aliphatic carbocycles. The smallest absolute Gasteiger partial charge is 0.0479 e. The van der Waals surface area contributed by atoms with Gasteiger partial charge in [-0.1, -0.05) is 49.7 Å². The predicted molar refractivity (Wildman–Crippen MR) is 81.0 cm³/mol. The van der Waals surface area contributed by atoms with Crippen molar-refractivity contribution < 1.29 is 5.11 Å². The fourth-order valence-electron chi connectivity index (χ4n) is 2.58. The summed E-state index contributed by atoms with van der Waals surface area (Å²) in [5.41, 5.74) is 8.68. The average molecular weight is 257 g/mol. The molecular weight excluding hydrogens is 234 g/mol. The molecule has 0 saturated heterocycles. The first-order valence-corrected chi connectivity index (χ1v) is 6.89. The van der Waals surface area contributed by atoms with E-state index in [0.717, 1.165) is 5.56 Å². The van der Waals surface area contributed by atoms with Crippen LogP contribution in [0.15, 0.2) is 36.4 Å². The first kappa shape index (κ1) is 14.0. The van der Waals surface area contributed by atoms with Gasteiger partial charge in [0.05, 0.1) is 0 Å². The number of hydrogen-bond donors (Lipinski definition) is 2. The molecule has 2 atom stereocenters. The lowest BCUT2D eigenvalue weighted by molar-refractivity contribution is 0.166. The van der Waals surface area contributed by atoms with Crippen LogP contribution in [-0.4, -0.2) is 11.7 Å². The molecule has 2 aromatic rings. The van der Waals surface area contributed by atoms with Gasteiger partial charge in [-0.2, -0.15) is 0 Å². The lowest BCUT2D eigenvalue weighted by Gasteiger charge is -2.26. The molecule has 0 amide bonds. The van der Waals surface area contributed by atoms with Gasteiger partial charge >= 0.3 is 0 Å². The zero-order chi connectivity index (χ0) is 14.0. The maximum atomic E-state index is 9.50. The number of nitrogens with two attached hydrogens (primary N) is 1. The first-order valence-electron chi connectivity index (χ1n) is 6.89. The normalized spacial score (nSPS) is 14.8. The third kappa shape index (κ3) is 2.96. The minimum absolute atomic E-state index is 0.0999. The van der Waals surface area contributed by atoms with Crippen molar-refractivity contribution in [3.8, 4) is 0 Å². The van der Waals surface area contributed by atoms with Crippen molar-refractivity contribution in [3.63, 3.8) is 0 Å². The molecule has 0 aromatic heterocycles. The van der Waals surface area contributed by atoms with E-state index in [9.17, 15) is 5.11 Å². The van der Waals surface area contributed by atoms with E-state index >= 15 is 0 Å². The molecular formula is C17H23NO. The van der Waals surface area contributed by atoms with Gasteiger partial charge in [-0.25, -0.2) is 0 Å². The van der Waals surface area contributed by atoms with Crippen LogP contribution >= 0.6 is 0 Å². The highest BCUT2D eigenvalue weighted by Gasteiger charge is 2.22. The van der Waals surface area contributed by atoms with Crippen molar-refractivity contribution in [2.45, 2.75) is 26.8 Å². The molecule has 2 unspecified atom stereocenters. The second-order valence-corrected chi connectivity index (χ2v) is 5.73. The maximum Gasteiger partial charge on any atom is 0.0479 e. The van der Waals surface area contributed by atoms with Crippen molar-refractivity contribution in [2.24, 2.45) is 17.6 Å². The van der Waals surface area contributed by atoms with E-state index in [2.05, 4.69) is 57.2 Å². The number of aryl methyl sites for hydroxylation is 1. The summed E-state index contributed by atoms with van der Waals surface area (Å²) >= 11 is 0. The summed E-state index contributed by atoms with van der Waals surface area (Å²) in [6.07, 6.45) is 0. The second-order valence-electron chi connectivity index (χ2n) is 5.73. The van der Waals surface area contributed by atoms with Crippen molar-refractivity contribution in [1.82, 2.24) is 0 Å². The third-order valence-electron chi connectivity index (χ3n) is 3.93. The van der Waals surface area contributed by atoms with Crippen LogP contribution in [0, 0.1) is 18.8 Å². The van der Waals surface area contributed by atoms with Crippen molar-refractivity contribution in [2.75, 3.05) is 6.61 Å². The van der Waals surface area contributed by atoms with Crippen molar-refractivity contribution in [3.05, 3.63) is 47.5 Å². The summed E-state index contributed by atoms with van der Waals surface area (Å²) in [5, 5.41) is 11.9. The molecule has 0 aliphatic rings. The van der Waals surface area contributed by atoms with Gasteiger partial charge in [0, 0.05) is 18.6 Å². The predicted octanol–water partition coefficient (Wildman–Crippen LogP) is 3.41. The standard InChI is InChI=1S/C17H23NO/c1-11(2)16(10-19)17(18)15-7-6-13-8-12(3)4-5-14(13)9-15/h4-9,11,16-17,19H,10,18H2,1-3H3. The fraction of sp³-hybridized carbons (Fsp3) is 0.412. The van der Waals surface area contributed by atoms with Gasteiger partial charge in [0.1, 0.15) is 0 Å². The Hall–Kier alpha value is -1.38. The Morgan fingerprint density at radius 2 is 1.68 bits per heavy atom. The van der Waals surface area contributed by atoms with Crippen molar-refractivity contribution in [1.29, 1.82) is 0 Å². The van der Waals surface area contributed by atoms with Crippen LogP contribution in [0.3, 0.4) is 0 Å². The van der Waals surface area contributed by atoms with E-state index in [1.54, 1.807) is 0 Å². The Labute approximate surface area is 115 Å². The van der Waals surface area contributed by atoms with E-state index in [4.69, 9.17) is 5.73 Å². The number of fused-ring (bicyclic) bond motifs is 1. The Morgan fingerprint density at radius 1 is 1.05 bits per heavy atom. The molecule has 2 rings (SSSR count). The highest BCUT2D eigenvalue weighted by Crippen LogP contribution is 2.28. The summed E-state index contributed by atoms with van der Waals surface area (Å²) in [6, 6.07) is 12.6. The molecule has 3 N–H and O–H groups in total. The zero-order valence-corrected chi connectivity index (χ0v) is 11.9. The summed E-state index contributed by atoms with van der Waals surface area (Å²) < 4.78 is 0. The molecule has 0 radical (unpaired) electrons. The summed E-state index contributed by atoms with van der Waals surface area (Å²) in [6.45, 7) is 6.43. The first-order chi connectivity index (χ1) is 9.02. The van der Waals surface area contributed by atoms with Crippen LogP contribution in [0.4, 0.5) is 0 Å². The van der Waals surface area contributed by atoms with Crippen LogP contribution in [0.25, 0.3) is 10.8 Å². The van der Waals surface area contributed by atoms with Crippen molar-refractivity contribution >= 4 is 10.8 Å². The molecule has 2 aromatic carbocycles. The molecule has 19 heavy (non-hydrogen) atoms. The third-order valence-corrected chi connectivity index (χ3v) is 3.93. The number of aliphatic hydroxyl groups is 1. The number of aliphatic hydroxyl groups excluding tert-OH is 1. The largest absolute Gasteiger partial charge is 0.396 e. The molecule has 0 aliphatic heterocycles. The lowest BCUT2D eigenvalue weighted by Crippen LogP contribution is -2.28. The molecule has 0 saturated carbocycles. The van der Waals surface area contributed by atoms with Gasteiger partial charge in [-0.15, -0.1) is 0 Å². The minimum atomic E-state index is -0.115. The zero-order valence-electron chi connectivity index (χ0n) is 11.9. The van der Waals surface area contributed by atoms with Gasteiger partial charge in [-0.3, -0.25) is 0 Å². The average Bonchev–Trinajstić information content (AvgIpc) is 2.38. The Morgan fingerprint density at radius 3 is 2.32 bits per heavy atom. The van der Waals surface area contributed by atoms with E-state index in [0.29, 0.717) is 5.92 Å². The summed E-state index contributed by atoms with van der Waals surface area (Å²) in [7, 11) is 0. The van der Waals surface area contributed by atoms with Gasteiger partial charge < -0.3 is 10.8 Å². The van der Waals surface area contributed by atoms with Crippen LogP contribution in [0.5, 0.6) is 0 Å². The summed E-state index contributed by atoms with van der Waals surface area (Å²) in [5.74, 6) is 0.469. The van der Waals surface area contributed by atoms with E-state index in [-0.39, 0.29) is 18.6 Å². The SMILES string of the molecule is Cc1ccc2cc(C(N)C(CO)C(C)C)ccc2c1. The molecule has 2 nitrogen and oxygen atoms in total. The van der Waals surface area contributed by atoms with Gasteiger partial charge in [0.25, 0.3) is 0 Å². The maximum absolute atomic E-state index is 9.50. The topological polar surface area (TPSA) is 46.2 Å². The van der Waals surface area contributed by atoms with Crippen LogP contribution in [-0.2, 0) is 0 Å². The second kappa shape index (κ2) is 5.72. The highest BCUT2D eigenvalue weighted by molar-refractivity contribution is 5.83. The van der Waals surface area contributed by atoms with Gasteiger partial charge in [0.2, 0.25) is 0 Å². The van der Waals surface area contributed by atoms with E-state index < -0.39 is 0 Å². The van der Waals surface area contributed by atoms with E-state index in [1.165, 1.54) is 16.3 Å². The lowest BCUT2D eigenvalue weighted by atomic mass is 9.85. The summed E-state index contributed by atoms with van der Waals surface area (Å²) in [4.78, 5) is 0. The fourth-order valence-corrected chi connectivity index (χ4v) is 2.58. The highest BCUT2D eigenvalue weighted by atomic mass is 16.3.